The lowest BCUT2D eigenvalue weighted by Crippen LogP contribution is -2.30. The SMILES string of the molecule is Cc1cccc2sc(NC(=O)[C@H](C)Oc3ccccc3)nc12. The number of hydrogen-bond donors (Lipinski definition) is 1. The van der Waals surface area contributed by atoms with Crippen molar-refractivity contribution in [3.63, 3.8) is 0 Å². The standard InChI is InChI=1S/C17H16N2O2S/c1-11-7-6-10-14-15(11)18-17(22-14)19-16(20)12(2)21-13-8-4-3-5-9-13/h3-10,12H,1-2H3,(H,18,19,20)/t12-/m0/s1. The molecule has 0 saturated heterocycles. The van der Waals surface area contributed by atoms with Crippen molar-refractivity contribution < 1.29 is 9.53 Å². The minimum atomic E-state index is -0.587. The van der Waals surface area contributed by atoms with Crippen molar-refractivity contribution in [1.29, 1.82) is 0 Å². The molecule has 0 aliphatic carbocycles. The number of anilines is 1. The van der Waals surface area contributed by atoms with Gasteiger partial charge >= 0.3 is 0 Å². The summed E-state index contributed by atoms with van der Waals surface area (Å²) in [4.78, 5) is 16.7. The maximum Gasteiger partial charge on any atom is 0.266 e. The summed E-state index contributed by atoms with van der Waals surface area (Å²) in [5, 5.41) is 3.42. The molecular formula is C17H16N2O2S. The van der Waals surface area contributed by atoms with Crippen LogP contribution in [0.3, 0.4) is 0 Å². The van der Waals surface area contributed by atoms with Gasteiger partial charge in [0.1, 0.15) is 5.75 Å². The average molecular weight is 312 g/mol. The van der Waals surface area contributed by atoms with Crippen LogP contribution >= 0.6 is 11.3 Å². The summed E-state index contributed by atoms with van der Waals surface area (Å²) in [5.74, 6) is 0.464. The summed E-state index contributed by atoms with van der Waals surface area (Å²) in [6.45, 7) is 3.73. The van der Waals surface area contributed by atoms with Gasteiger partial charge in [0, 0.05) is 0 Å². The van der Waals surface area contributed by atoms with E-state index < -0.39 is 6.10 Å². The molecule has 0 aliphatic heterocycles. The van der Waals surface area contributed by atoms with Crippen molar-refractivity contribution in [2.45, 2.75) is 20.0 Å². The summed E-state index contributed by atoms with van der Waals surface area (Å²) in [6, 6.07) is 15.3. The highest BCUT2D eigenvalue weighted by Gasteiger charge is 2.17. The van der Waals surface area contributed by atoms with E-state index in [1.54, 1.807) is 6.92 Å². The molecule has 1 N–H and O–H groups in total. The van der Waals surface area contributed by atoms with Crippen molar-refractivity contribution in [3.8, 4) is 5.75 Å². The highest BCUT2D eigenvalue weighted by atomic mass is 32.1. The summed E-state index contributed by atoms with van der Waals surface area (Å²) in [6.07, 6.45) is -0.587. The van der Waals surface area contributed by atoms with Gasteiger partial charge in [-0.1, -0.05) is 41.7 Å². The second-order valence-corrected chi connectivity index (χ2v) is 6.03. The van der Waals surface area contributed by atoms with Gasteiger partial charge in [-0.25, -0.2) is 4.98 Å². The van der Waals surface area contributed by atoms with E-state index in [1.165, 1.54) is 11.3 Å². The molecule has 0 spiro atoms. The number of amides is 1. The third-order valence-electron chi connectivity index (χ3n) is 3.28. The minimum absolute atomic E-state index is 0.208. The smallest absolute Gasteiger partial charge is 0.266 e. The first-order valence-corrected chi connectivity index (χ1v) is 7.84. The summed E-state index contributed by atoms with van der Waals surface area (Å²) >= 11 is 1.46. The first kappa shape index (κ1) is 14.5. The topological polar surface area (TPSA) is 51.2 Å². The maximum absolute atomic E-state index is 12.2. The quantitative estimate of drug-likeness (QED) is 0.792. The van der Waals surface area contributed by atoms with Crippen molar-refractivity contribution in [1.82, 2.24) is 4.98 Å². The van der Waals surface area contributed by atoms with Crippen LogP contribution in [0.2, 0.25) is 0 Å². The zero-order valence-electron chi connectivity index (χ0n) is 12.4. The van der Waals surface area contributed by atoms with E-state index in [0.29, 0.717) is 10.9 Å². The summed E-state index contributed by atoms with van der Waals surface area (Å²) in [7, 11) is 0. The number of hydrogen-bond acceptors (Lipinski definition) is 4. The molecule has 3 rings (SSSR count). The van der Waals surface area contributed by atoms with E-state index in [2.05, 4.69) is 10.3 Å². The average Bonchev–Trinajstić information content (AvgIpc) is 2.92. The normalized spacial score (nSPS) is 12.1. The van der Waals surface area contributed by atoms with Gasteiger partial charge in [0.25, 0.3) is 5.91 Å². The van der Waals surface area contributed by atoms with Gasteiger partial charge in [-0.3, -0.25) is 10.1 Å². The highest BCUT2D eigenvalue weighted by molar-refractivity contribution is 7.22. The molecule has 0 bridgehead atoms. The van der Waals surface area contributed by atoms with E-state index in [4.69, 9.17) is 4.74 Å². The lowest BCUT2D eigenvalue weighted by atomic mass is 10.2. The fraction of sp³-hybridized carbons (Fsp3) is 0.176. The Labute approximate surface area is 132 Å². The Bertz CT molecular complexity index is 799. The second kappa shape index (κ2) is 6.15. The molecule has 22 heavy (non-hydrogen) atoms. The highest BCUT2D eigenvalue weighted by Crippen LogP contribution is 2.28. The van der Waals surface area contributed by atoms with Gasteiger partial charge in [0.15, 0.2) is 11.2 Å². The fourth-order valence-electron chi connectivity index (χ4n) is 2.10. The molecule has 112 valence electrons. The van der Waals surface area contributed by atoms with Gasteiger partial charge in [-0.2, -0.15) is 0 Å². The number of ether oxygens (including phenoxy) is 1. The molecular weight excluding hydrogens is 296 g/mol. The molecule has 0 unspecified atom stereocenters. The Morgan fingerprint density at radius 1 is 1.18 bits per heavy atom. The third kappa shape index (κ3) is 3.09. The number of aromatic nitrogens is 1. The van der Waals surface area contributed by atoms with E-state index in [-0.39, 0.29) is 5.91 Å². The number of carbonyl (C=O) groups excluding carboxylic acids is 1. The molecule has 3 aromatic rings. The Hall–Kier alpha value is -2.40. The molecule has 1 aromatic heterocycles. The van der Waals surface area contributed by atoms with Crippen LogP contribution in [0.5, 0.6) is 5.75 Å². The number of rotatable bonds is 4. The number of nitrogens with one attached hydrogen (secondary N) is 1. The van der Waals surface area contributed by atoms with E-state index >= 15 is 0 Å². The molecule has 1 heterocycles. The number of nitrogens with zero attached hydrogens (tertiary/aromatic N) is 1. The number of benzene rings is 2. The van der Waals surface area contributed by atoms with Crippen molar-refractivity contribution in [2.24, 2.45) is 0 Å². The van der Waals surface area contributed by atoms with E-state index in [0.717, 1.165) is 15.8 Å². The van der Waals surface area contributed by atoms with E-state index in [1.807, 2.05) is 55.5 Å². The van der Waals surface area contributed by atoms with Crippen molar-refractivity contribution in [3.05, 3.63) is 54.1 Å². The largest absolute Gasteiger partial charge is 0.481 e. The number of carbonyl (C=O) groups is 1. The van der Waals surface area contributed by atoms with Gasteiger partial charge < -0.3 is 4.74 Å². The Balaban J connectivity index is 1.71. The monoisotopic (exact) mass is 312 g/mol. The first-order chi connectivity index (χ1) is 10.6. The van der Waals surface area contributed by atoms with Crippen LogP contribution in [0.25, 0.3) is 10.2 Å². The number of aryl methyl sites for hydroxylation is 1. The molecule has 5 heteroatoms. The maximum atomic E-state index is 12.2. The molecule has 1 amide bonds. The zero-order valence-corrected chi connectivity index (χ0v) is 13.2. The molecule has 4 nitrogen and oxygen atoms in total. The molecule has 0 radical (unpaired) electrons. The third-order valence-corrected chi connectivity index (χ3v) is 4.21. The van der Waals surface area contributed by atoms with Crippen LogP contribution in [0, 0.1) is 6.92 Å². The van der Waals surface area contributed by atoms with Crippen LogP contribution in [-0.2, 0) is 4.79 Å². The fourth-order valence-corrected chi connectivity index (χ4v) is 3.05. The molecule has 1 atom stereocenters. The zero-order chi connectivity index (χ0) is 15.5. The van der Waals surface area contributed by atoms with Gasteiger partial charge in [0.05, 0.1) is 10.2 Å². The summed E-state index contributed by atoms with van der Waals surface area (Å²) in [5.41, 5.74) is 2.03. The number of thiazole rings is 1. The van der Waals surface area contributed by atoms with Crippen LogP contribution < -0.4 is 10.1 Å². The predicted molar refractivity (Wildman–Crippen MR) is 89.5 cm³/mol. The van der Waals surface area contributed by atoms with Crippen LogP contribution in [0.1, 0.15) is 12.5 Å². The first-order valence-electron chi connectivity index (χ1n) is 7.02. The Kier molecular flexibility index (Phi) is 4.06. The Morgan fingerprint density at radius 2 is 1.95 bits per heavy atom. The summed E-state index contributed by atoms with van der Waals surface area (Å²) < 4.78 is 6.67. The number of para-hydroxylation sites is 2. The van der Waals surface area contributed by atoms with E-state index in [9.17, 15) is 4.79 Å². The van der Waals surface area contributed by atoms with Gasteiger partial charge in [-0.15, -0.1) is 0 Å². The lowest BCUT2D eigenvalue weighted by molar-refractivity contribution is -0.122. The second-order valence-electron chi connectivity index (χ2n) is 5.00. The molecule has 2 aromatic carbocycles. The van der Waals surface area contributed by atoms with Crippen LogP contribution in [0.4, 0.5) is 5.13 Å². The predicted octanol–water partition coefficient (Wildman–Crippen LogP) is 4.01. The van der Waals surface area contributed by atoms with Crippen molar-refractivity contribution in [2.75, 3.05) is 5.32 Å². The Morgan fingerprint density at radius 3 is 2.68 bits per heavy atom. The molecule has 0 fully saturated rings. The number of fused-ring (bicyclic) bond motifs is 1. The lowest BCUT2D eigenvalue weighted by Gasteiger charge is -2.13. The van der Waals surface area contributed by atoms with Gasteiger partial charge in [0.2, 0.25) is 0 Å². The van der Waals surface area contributed by atoms with Gasteiger partial charge in [-0.05, 0) is 37.6 Å². The molecule has 0 aliphatic rings. The van der Waals surface area contributed by atoms with Crippen LogP contribution in [0.15, 0.2) is 48.5 Å². The van der Waals surface area contributed by atoms with Crippen molar-refractivity contribution >= 4 is 32.6 Å². The molecule has 0 saturated carbocycles. The minimum Gasteiger partial charge on any atom is -0.481 e. The van der Waals surface area contributed by atoms with Crippen LogP contribution in [-0.4, -0.2) is 17.0 Å².